The summed E-state index contributed by atoms with van der Waals surface area (Å²) in [4.78, 5) is 0. The Balaban J connectivity index is 1.87. The molecule has 0 spiro atoms. The highest BCUT2D eigenvalue weighted by Gasteiger charge is 2.00. The number of thiocarbonyl (C=S) groups is 1. The fraction of sp³-hybridized carbons (Fsp3) is 0.111. The smallest absolute Gasteiger partial charge is 0.224 e. The third kappa shape index (κ3) is 6.40. The second-order valence-electron chi connectivity index (χ2n) is 4.90. The van der Waals surface area contributed by atoms with Gasteiger partial charge in [-0.25, -0.2) is 0 Å². The van der Waals surface area contributed by atoms with Crippen molar-refractivity contribution in [3.8, 4) is 5.75 Å². The summed E-state index contributed by atoms with van der Waals surface area (Å²) in [5.74, 6) is 0.785. The molecule has 0 aliphatic carbocycles. The zero-order valence-electron chi connectivity index (χ0n) is 13.1. The van der Waals surface area contributed by atoms with E-state index in [0.29, 0.717) is 18.3 Å². The van der Waals surface area contributed by atoms with Gasteiger partial charge >= 0.3 is 0 Å². The summed E-state index contributed by atoms with van der Waals surface area (Å²) in [5.41, 5.74) is 4.89. The number of ether oxygens (including phenoxy) is 1. The first-order valence-electron chi connectivity index (χ1n) is 7.38. The molecule has 0 aliphatic rings. The molecule has 0 aromatic heterocycles. The van der Waals surface area contributed by atoms with Gasteiger partial charge in [-0.1, -0.05) is 35.9 Å². The quantitative estimate of drug-likeness (QED) is 0.306. The van der Waals surface area contributed by atoms with E-state index in [1.54, 1.807) is 12.3 Å². The van der Waals surface area contributed by atoms with Crippen LogP contribution in [0.15, 0.2) is 61.2 Å². The van der Waals surface area contributed by atoms with E-state index in [9.17, 15) is 0 Å². The molecule has 2 aromatic carbocycles. The Morgan fingerprint density at radius 1 is 1.25 bits per heavy atom. The molecule has 6 heteroatoms. The van der Waals surface area contributed by atoms with Crippen molar-refractivity contribution in [3.05, 3.63) is 77.3 Å². The maximum absolute atomic E-state index is 5.87. The molecule has 0 heterocycles. The molecular weight excluding hydrogens is 342 g/mol. The Morgan fingerprint density at radius 3 is 2.79 bits per heavy atom. The van der Waals surface area contributed by atoms with Crippen molar-refractivity contribution in [1.82, 2.24) is 10.7 Å². The van der Waals surface area contributed by atoms with Crippen LogP contribution >= 0.6 is 23.8 Å². The minimum atomic E-state index is 0.488. The molecule has 4 nitrogen and oxygen atoms in total. The average molecular weight is 361 g/mol. The third-order valence-electron chi connectivity index (χ3n) is 3.01. The number of hydrazone groups is 1. The molecule has 124 valence electrons. The first kappa shape index (κ1) is 18.0. The number of rotatable bonds is 7. The van der Waals surface area contributed by atoms with Gasteiger partial charge in [0.15, 0.2) is 6.21 Å². The van der Waals surface area contributed by atoms with Crippen LogP contribution in [0.5, 0.6) is 5.75 Å². The zero-order valence-corrected chi connectivity index (χ0v) is 14.7. The van der Waals surface area contributed by atoms with Crippen LogP contribution < -0.4 is 20.6 Å². The van der Waals surface area contributed by atoms with Crippen molar-refractivity contribution >= 4 is 35.1 Å². The maximum atomic E-state index is 5.87. The highest BCUT2D eigenvalue weighted by molar-refractivity contribution is 7.80. The second kappa shape index (κ2) is 9.70. The predicted octanol–water partition coefficient (Wildman–Crippen LogP) is 1.98. The summed E-state index contributed by atoms with van der Waals surface area (Å²) >= 11 is 11.0. The van der Waals surface area contributed by atoms with Gasteiger partial charge in [0.05, 0.1) is 0 Å². The second-order valence-corrected chi connectivity index (χ2v) is 5.74. The summed E-state index contributed by atoms with van der Waals surface area (Å²) in [5, 5.41) is 7.11. The van der Waals surface area contributed by atoms with Crippen LogP contribution in [-0.2, 0) is 6.61 Å². The van der Waals surface area contributed by atoms with Crippen LogP contribution in [0.3, 0.4) is 0 Å². The number of halogens is 1. The van der Waals surface area contributed by atoms with E-state index in [4.69, 9.17) is 28.6 Å². The van der Waals surface area contributed by atoms with E-state index in [1.807, 2.05) is 48.5 Å². The van der Waals surface area contributed by atoms with Crippen molar-refractivity contribution in [3.63, 3.8) is 0 Å². The lowest BCUT2D eigenvalue weighted by Crippen LogP contribution is -2.82. The van der Waals surface area contributed by atoms with Crippen molar-refractivity contribution < 1.29 is 9.84 Å². The molecule has 0 unspecified atom stereocenters. The Morgan fingerprint density at radius 2 is 2.04 bits per heavy atom. The van der Waals surface area contributed by atoms with Gasteiger partial charge in [0.25, 0.3) is 0 Å². The topological polar surface area (TPSA) is 47.3 Å². The molecule has 0 saturated carbocycles. The Kier molecular flexibility index (Phi) is 7.26. The van der Waals surface area contributed by atoms with E-state index < -0.39 is 0 Å². The Labute approximate surface area is 152 Å². The van der Waals surface area contributed by atoms with Crippen molar-refractivity contribution in [1.29, 1.82) is 0 Å². The van der Waals surface area contributed by atoms with Gasteiger partial charge < -0.3 is 10.1 Å². The monoisotopic (exact) mass is 360 g/mol. The minimum Gasteiger partial charge on any atom is -0.489 e. The first-order valence-corrected chi connectivity index (χ1v) is 8.17. The molecule has 0 fully saturated rings. The molecule has 0 atom stereocenters. The highest BCUT2D eigenvalue weighted by Crippen LogP contribution is 2.15. The van der Waals surface area contributed by atoms with Gasteiger partial charge in [-0.05, 0) is 48.1 Å². The normalized spacial score (nSPS) is 10.4. The van der Waals surface area contributed by atoms with Crippen LogP contribution in [0.25, 0.3) is 0 Å². The van der Waals surface area contributed by atoms with Crippen LogP contribution in [0.2, 0.25) is 5.02 Å². The van der Waals surface area contributed by atoms with Crippen LogP contribution in [0.1, 0.15) is 11.1 Å². The summed E-state index contributed by atoms with van der Waals surface area (Å²) in [6, 6.07) is 15.3. The first-order chi connectivity index (χ1) is 11.7. The van der Waals surface area contributed by atoms with Crippen molar-refractivity contribution in [2.24, 2.45) is 0 Å². The van der Waals surface area contributed by atoms with E-state index >= 15 is 0 Å². The predicted molar refractivity (Wildman–Crippen MR) is 102 cm³/mol. The van der Waals surface area contributed by atoms with Crippen molar-refractivity contribution in [2.45, 2.75) is 6.61 Å². The fourth-order valence-corrected chi connectivity index (χ4v) is 2.10. The number of hydrazine groups is 1. The highest BCUT2D eigenvalue weighted by atomic mass is 35.5. The summed E-state index contributed by atoms with van der Waals surface area (Å²) in [6.45, 7) is 4.72. The van der Waals surface area contributed by atoms with Gasteiger partial charge in [0.1, 0.15) is 12.4 Å². The molecule has 3 N–H and O–H groups in total. The van der Waals surface area contributed by atoms with Crippen LogP contribution in [0.4, 0.5) is 0 Å². The standard InChI is InChI=1S/C18H18ClN3OS/c1-2-10-20-18(24)22-21-12-15-4-3-5-17(11-15)23-13-14-6-8-16(19)9-7-14/h2-9,11-12H,1,10,13H2,(H2,20,22,24)/p+1. The van der Waals surface area contributed by atoms with Crippen molar-refractivity contribution in [2.75, 3.05) is 6.54 Å². The zero-order chi connectivity index (χ0) is 17.2. The minimum absolute atomic E-state index is 0.488. The van der Waals surface area contributed by atoms with E-state index in [0.717, 1.165) is 21.9 Å². The van der Waals surface area contributed by atoms with Crippen LogP contribution in [0, 0.1) is 0 Å². The largest absolute Gasteiger partial charge is 0.489 e. The summed E-state index contributed by atoms with van der Waals surface area (Å²) in [6.07, 6.45) is 3.54. The Hall–Kier alpha value is -2.37. The van der Waals surface area contributed by atoms with E-state index in [-0.39, 0.29) is 0 Å². The molecule has 2 rings (SSSR count). The Bertz CT molecular complexity index is 716. The average Bonchev–Trinajstić information content (AvgIpc) is 2.60. The molecule has 24 heavy (non-hydrogen) atoms. The van der Waals surface area contributed by atoms with E-state index in [1.165, 1.54) is 0 Å². The summed E-state index contributed by atoms with van der Waals surface area (Å²) in [7, 11) is 0. The van der Waals surface area contributed by atoms with Crippen LogP contribution in [-0.4, -0.2) is 17.9 Å². The number of hydrogen-bond acceptors (Lipinski definition) is 2. The lowest BCUT2D eigenvalue weighted by atomic mass is 10.2. The maximum Gasteiger partial charge on any atom is 0.224 e. The SMILES string of the molecule is C=CCNC(=S)N[NH+]=Cc1cccc(OCc2ccc(Cl)cc2)c1. The molecule has 0 amide bonds. The molecule has 0 aliphatic heterocycles. The molecule has 2 aromatic rings. The van der Waals surface area contributed by atoms with Gasteiger partial charge in [0, 0.05) is 17.1 Å². The van der Waals surface area contributed by atoms with Gasteiger partial charge in [-0.2, -0.15) is 0 Å². The summed E-state index contributed by atoms with van der Waals surface area (Å²) < 4.78 is 5.79. The number of hydrogen-bond donors (Lipinski definition) is 3. The fourth-order valence-electron chi connectivity index (χ4n) is 1.84. The van der Waals surface area contributed by atoms with Gasteiger partial charge in [-0.15, -0.1) is 17.1 Å². The molecular formula is C18H19ClN3OS+. The lowest BCUT2D eigenvalue weighted by Gasteiger charge is -2.06. The molecule has 0 radical (unpaired) electrons. The van der Waals surface area contributed by atoms with E-state index in [2.05, 4.69) is 22.4 Å². The van der Waals surface area contributed by atoms with Gasteiger partial charge in [0.2, 0.25) is 5.11 Å². The molecule has 0 saturated heterocycles. The van der Waals surface area contributed by atoms with Gasteiger partial charge in [-0.3, -0.25) is 0 Å². The lowest BCUT2D eigenvalue weighted by molar-refractivity contribution is -0.500. The third-order valence-corrected chi connectivity index (χ3v) is 3.51. The number of nitrogens with one attached hydrogen (secondary N) is 3. The number of benzene rings is 2. The molecule has 0 bridgehead atoms.